The lowest BCUT2D eigenvalue weighted by Crippen LogP contribution is -2.12. The van der Waals surface area contributed by atoms with E-state index in [1.807, 2.05) is 11.6 Å². The Morgan fingerprint density at radius 2 is 2.55 bits per heavy atom. The normalized spacial score (nSPS) is 23.1. The van der Waals surface area contributed by atoms with E-state index in [9.17, 15) is 0 Å². The Bertz CT molecular complexity index is 194. The molecule has 62 valence electrons. The van der Waals surface area contributed by atoms with Gasteiger partial charge in [-0.3, -0.25) is 0 Å². The van der Waals surface area contributed by atoms with E-state index in [1.54, 1.807) is 11.3 Å². The summed E-state index contributed by atoms with van der Waals surface area (Å²) in [6.07, 6.45) is 4.43. The van der Waals surface area contributed by atoms with Gasteiger partial charge >= 0.3 is 0 Å². The Balaban J connectivity index is 0.000000605. The Hall–Kier alpha value is -0.120. The van der Waals surface area contributed by atoms with Crippen molar-refractivity contribution in [3.05, 3.63) is 16.6 Å². The molecule has 1 aliphatic heterocycles. The zero-order valence-electron chi connectivity index (χ0n) is 6.12. The van der Waals surface area contributed by atoms with Crippen molar-refractivity contribution in [3.8, 4) is 0 Å². The molecule has 0 saturated carbocycles. The van der Waals surface area contributed by atoms with E-state index in [-0.39, 0.29) is 12.4 Å². The first-order chi connectivity index (χ1) is 4.97. The summed E-state index contributed by atoms with van der Waals surface area (Å²) >= 11 is 1.75. The number of hydrogen-bond acceptors (Lipinski definition) is 3. The predicted octanol–water partition coefficient (Wildman–Crippen LogP) is 1.99. The van der Waals surface area contributed by atoms with Crippen LogP contribution < -0.4 is 5.32 Å². The summed E-state index contributed by atoms with van der Waals surface area (Å²) in [5, 5.41) is 6.69. The fourth-order valence-corrected chi connectivity index (χ4v) is 2.05. The van der Waals surface area contributed by atoms with Crippen LogP contribution in [0.2, 0.25) is 0 Å². The topological polar surface area (TPSA) is 24.9 Å². The second kappa shape index (κ2) is 4.04. The van der Waals surface area contributed by atoms with Crippen molar-refractivity contribution in [3.63, 3.8) is 0 Å². The third kappa shape index (κ3) is 1.92. The van der Waals surface area contributed by atoms with Crippen LogP contribution in [0.3, 0.4) is 0 Å². The van der Waals surface area contributed by atoms with Gasteiger partial charge in [0.15, 0.2) is 0 Å². The molecule has 1 atom stereocenters. The van der Waals surface area contributed by atoms with E-state index in [2.05, 4.69) is 10.3 Å². The minimum Gasteiger partial charge on any atom is -0.308 e. The van der Waals surface area contributed by atoms with Gasteiger partial charge in [-0.25, -0.2) is 4.98 Å². The summed E-state index contributed by atoms with van der Waals surface area (Å²) in [7, 11) is 0. The summed E-state index contributed by atoms with van der Waals surface area (Å²) in [6.45, 7) is 1.16. The largest absolute Gasteiger partial charge is 0.308 e. The molecule has 1 aromatic heterocycles. The van der Waals surface area contributed by atoms with Gasteiger partial charge in [-0.2, -0.15) is 0 Å². The van der Waals surface area contributed by atoms with Crippen LogP contribution in [0.15, 0.2) is 11.6 Å². The first-order valence-corrected chi connectivity index (χ1v) is 4.47. The molecule has 0 spiro atoms. The Morgan fingerprint density at radius 3 is 3.09 bits per heavy atom. The minimum atomic E-state index is 0. The van der Waals surface area contributed by atoms with E-state index in [1.165, 1.54) is 17.8 Å². The molecule has 1 aliphatic rings. The van der Waals surface area contributed by atoms with Crippen LogP contribution in [-0.4, -0.2) is 11.5 Å². The number of hydrogen-bond donors (Lipinski definition) is 1. The van der Waals surface area contributed by atoms with Crippen LogP contribution in [0.5, 0.6) is 0 Å². The van der Waals surface area contributed by atoms with Crippen LogP contribution in [0.1, 0.15) is 23.9 Å². The van der Waals surface area contributed by atoms with Gasteiger partial charge in [0.1, 0.15) is 5.01 Å². The maximum atomic E-state index is 4.25. The molecule has 1 unspecified atom stereocenters. The highest BCUT2D eigenvalue weighted by Crippen LogP contribution is 2.23. The van der Waals surface area contributed by atoms with E-state index in [4.69, 9.17) is 0 Å². The zero-order chi connectivity index (χ0) is 6.81. The SMILES string of the molecule is Cl.c1csc(C2CCCN2)n1. The second-order valence-corrected chi connectivity index (χ2v) is 3.45. The van der Waals surface area contributed by atoms with Gasteiger partial charge in [-0.15, -0.1) is 23.7 Å². The first kappa shape index (κ1) is 8.97. The Kier molecular flexibility index (Phi) is 3.30. The maximum absolute atomic E-state index is 4.25. The van der Waals surface area contributed by atoms with E-state index in [0.717, 1.165) is 6.54 Å². The highest BCUT2D eigenvalue weighted by Gasteiger charge is 2.17. The molecule has 1 saturated heterocycles. The molecule has 2 rings (SSSR count). The molecule has 0 amide bonds. The molecule has 1 fully saturated rings. The molecule has 11 heavy (non-hydrogen) atoms. The summed E-state index contributed by atoms with van der Waals surface area (Å²) in [6, 6.07) is 0.556. The third-order valence-corrected chi connectivity index (χ3v) is 2.70. The molecule has 2 nitrogen and oxygen atoms in total. The standard InChI is InChI=1S/C7H10N2S.ClH/c1-2-6(8-3-1)7-9-4-5-10-7;/h4-6,8H,1-3H2;1H. The van der Waals surface area contributed by atoms with Gasteiger partial charge in [-0.1, -0.05) is 0 Å². The van der Waals surface area contributed by atoms with Crippen LogP contribution >= 0.6 is 23.7 Å². The molecule has 0 bridgehead atoms. The average molecular weight is 191 g/mol. The van der Waals surface area contributed by atoms with Crippen molar-refractivity contribution in [1.29, 1.82) is 0 Å². The molecule has 0 radical (unpaired) electrons. The molecule has 1 aromatic rings. The maximum Gasteiger partial charge on any atom is 0.109 e. The monoisotopic (exact) mass is 190 g/mol. The van der Waals surface area contributed by atoms with Crippen molar-refractivity contribution >= 4 is 23.7 Å². The number of aromatic nitrogens is 1. The number of rotatable bonds is 1. The Morgan fingerprint density at radius 1 is 1.64 bits per heavy atom. The van der Waals surface area contributed by atoms with Crippen molar-refractivity contribution < 1.29 is 0 Å². The average Bonchev–Trinajstić information content (AvgIpc) is 2.59. The number of halogens is 1. The fraction of sp³-hybridized carbons (Fsp3) is 0.571. The first-order valence-electron chi connectivity index (χ1n) is 3.59. The summed E-state index contributed by atoms with van der Waals surface area (Å²) in [4.78, 5) is 4.25. The summed E-state index contributed by atoms with van der Waals surface area (Å²) in [5.41, 5.74) is 0. The molecule has 0 aromatic carbocycles. The second-order valence-electron chi connectivity index (χ2n) is 2.52. The van der Waals surface area contributed by atoms with Gasteiger partial charge in [0.2, 0.25) is 0 Å². The minimum absolute atomic E-state index is 0. The van der Waals surface area contributed by atoms with Crippen LogP contribution in [-0.2, 0) is 0 Å². The van der Waals surface area contributed by atoms with E-state index >= 15 is 0 Å². The van der Waals surface area contributed by atoms with Crippen molar-refractivity contribution in [2.75, 3.05) is 6.54 Å². The summed E-state index contributed by atoms with van der Waals surface area (Å²) in [5.74, 6) is 0. The van der Waals surface area contributed by atoms with Crippen molar-refractivity contribution in [2.45, 2.75) is 18.9 Å². The van der Waals surface area contributed by atoms with Gasteiger partial charge in [0.05, 0.1) is 6.04 Å². The number of nitrogens with zero attached hydrogens (tertiary/aromatic N) is 1. The molecule has 2 heterocycles. The van der Waals surface area contributed by atoms with Gasteiger partial charge in [-0.05, 0) is 19.4 Å². The quantitative estimate of drug-likeness (QED) is 0.733. The molecule has 4 heteroatoms. The molecular formula is C7H11ClN2S. The lowest BCUT2D eigenvalue weighted by atomic mass is 10.2. The van der Waals surface area contributed by atoms with Gasteiger partial charge in [0, 0.05) is 11.6 Å². The van der Waals surface area contributed by atoms with Crippen LogP contribution in [0.4, 0.5) is 0 Å². The predicted molar refractivity (Wildman–Crippen MR) is 49.3 cm³/mol. The lowest BCUT2D eigenvalue weighted by Gasteiger charge is -2.03. The highest BCUT2D eigenvalue weighted by atomic mass is 35.5. The van der Waals surface area contributed by atoms with Crippen molar-refractivity contribution in [2.24, 2.45) is 0 Å². The fourth-order valence-electron chi connectivity index (χ4n) is 1.30. The highest BCUT2D eigenvalue weighted by molar-refractivity contribution is 7.09. The number of nitrogens with one attached hydrogen (secondary N) is 1. The summed E-state index contributed by atoms with van der Waals surface area (Å²) < 4.78 is 0. The molecular weight excluding hydrogens is 180 g/mol. The van der Waals surface area contributed by atoms with E-state index < -0.39 is 0 Å². The van der Waals surface area contributed by atoms with Crippen LogP contribution in [0, 0.1) is 0 Å². The van der Waals surface area contributed by atoms with Crippen LogP contribution in [0.25, 0.3) is 0 Å². The zero-order valence-corrected chi connectivity index (χ0v) is 7.75. The van der Waals surface area contributed by atoms with E-state index in [0.29, 0.717) is 6.04 Å². The lowest BCUT2D eigenvalue weighted by molar-refractivity contribution is 0.643. The molecule has 0 aliphatic carbocycles. The smallest absolute Gasteiger partial charge is 0.109 e. The van der Waals surface area contributed by atoms with Crippen molar-refractivity contribution in [1.82, 2.24) is 10.3 Å². The number of thiazole rings is 1. The Labute approximate surface area is 76.4 Å². The third-order valence-electron chi connectivity index (χ3n) is 1.81. The van der Waals surface area contributed by atoms with Gasteiger partial charge in [0.25, 0.3) is 0 Å². The van der Waals surface area contributed by atoms with Gasteiger partial charge < -0.3 is 5.32 Å². The molecule has 1 N–H and O–H groups in total.